The summed E-state index contributed by atoms with van der Waals surface area (Å²) in [5, 5.41) is 2.91. The predicted octanol–water partition coefficient (Wildman–Crippen LogP) is 16.5. The van der Waals surface area contributed by atoms with Crippen LogP contribution < -0.4 is 14.8 Å². The zero-order valence-corrected chi connectivity index (χ0v) is 48.6. The molecule has 2 aliphatic heterocycles. The van der Waals surface area contributed by atoms with Gasteiger partial charge in [0.2, 0.25) is 0 Å². The van der Waals surface area contributed by atoms with E-state index < -0.39 is 39.6 Å². The lowest BCUT2D eigenvalue weighted by molar-refractivity contribution is -0.137. The van der Waals surface area contributed by atoms with Gasteiger partial charge in [-0.25, -0.2) is 23.1 Å². The first-order valence-corrected chi connectivity index (χ1v) is 30.0. The van der Waals surface area contributed by atoms with Gasteiger partial charge in [-0.1, -0.05) is 201 Å². The highest BCUT2D eigenvalue weighted by atomic mass is 32.2. The predicted molar refractivity (Wildman–Crippen MR) is 304 cm³/mol. The van der Waals surface area contributed by atoms with Crippen molar-refractivity contribution in [1.29, 1.82) is 0 Å². The molecule has 3 aromatic rings. The number of carbonyl (C=O) groups is 3. The number of carbonyl (C=O) groups excluding carboxylic acids is 3. The molecule has 75 heavy (non-hydrogen) atoms. The average molecular weight is 1060 g/mol. The molecule has 0 aliphatic carbocycles. The molecule has 4 unspecified atom stereocenters. The monoisotopic (exact) mass is 1050 g/mol. The number of amidine groups is 1. The summed E-state index contributed by atoms with van der Waals surface area (Å²) in [4.78, 5) is 48.5. The molecule has 416 valence electrons. The van der Waals surface area contributed by atoms with Crippen LogP contribution in [-0.4, -0.2) is 66.2 Å². The first kappa shape index (κ1) is 60.9. The maximum absolute atomic E-state index is 15.1. The largest absolute Gasteiger partial charge is 0.489 e. The van der Waals surface area contributed by atoms with Crippen LogP contribution >= 0.6 is 0 Å². The van der Waals surface area contributed by atoms with Crippen LogP contribution in [0.5, 0.6) is 17.2 Å². The maximum atomic E-state index is 15.1. The molecule has 0 bridgehead atoms. The molecule has 4 atom stereocenters. The third-order valence-electron chi connectivity index (χ3n) is 14.6. The van der Waals surface area contributed by atoms with Crippen molar-refractivity contribution in [2.45, 2.75) is 221 Å². The fourth-order valence-electron chi connectivity index (χ4n) is 10.8. The van der Waals surface area contributed by atoms with Gasteiger partial charge in [0, 0.05) is 6.54 Å². The number of anilines is 1. The van der Waals surface area contributed by atoms with Gasteiger partial charge in [0.05, 0.1) is 18.0 Å². The number of imide groups is 1. The van der Waals surface area contributed by atoms with Crippen LogP contribution in [-0.2, 0) is 24.3 Å². The summed E-state index contributed by atoms with van der Waals surface area (Å²) in [6.45, 7) is 24.0. The van der Waals surface area contributed by atoms with Crippen molar-refractivity contribution in [3.05, 3.63) is 72.8 Å². The molecule has 13 heteroatoms. The Labute approximate surface area is 452 Å². The minimum absolute atomic E-state index is 0.0134. The van der Waals surface area contributed by atoms with Crippen molar-refractivity contribution in [2.24, 2.45) is 33.6 Å². The quantitative estimate of drug-likeness (QED) is 0.0609. The molecule has 2 heterocycles. The third kappa shape index (κ3) is 18.7. The first-order chi connectivity index (χ1) is 35.5. The van der Waals surface area contributed by atoms with Crippen molar-refractivity contribution < 1.29 is 37.0 Å². The second-order valence-electron chi connectivity index (χ2n) is 24.6. The van der Waals surface area contributed by atoms with Gasteiger partial charge in [0.15, 0.2) is 34.7 Å². The highest BCUT2D eigenvalue weighted by Gasteiger charge is 2.55. The molecule has 3 amide bonds. The number of nitrogens with zero attached hydrogens (tertiary/aromatic N) is 3. The lowest BCUT2D eigenvalue weighted by Gasteiger charge is -2.35. The van der Waals surface area contributed by atoms with Crippen LogP contribution in [0, 0.1) is 28.6 Å². The Balaban J connectivity index is 1.34. The summed E-state index contributed by atoms with van der Waals surface area (Å²) >= 11 is 0. The smallest absolute Gasteiger partial charge is 0.418 e. The van der Waals surface area contributed by atoms with Gasteiger partial charge in [-0.2, -0.15) is 0 Å². The number of fused-ring (bicyclic) bond motifs is 1. The summed E-state index contributed by atoms with van der Waals surface area (Å²) in [7, 11) is -4.30. The molecule has 0 radical (unpaired) electrons. The summed E-state index contributed by atoms with van der Waals surface area (Å²) in [6.07, 6.45) is 21.9. The Morgan fingerprint density at radius 2 is 1.21 bits per heavy atom. The van der Waals surface area contributed by atoms with E-state index in [-0.39, 0.29) is 45.2 Å². The molecular formula is C62H94N4O8S. The van der Waals surface area contributed by atoms with E-state index >= 15 is 4.79 Å². The normalized spacial score (nSPS) is 16.9. The topological polar surface area (TPSA) is 144 Å². The molecule has 3 aromatic carbocycles. The molecule has 0 aromatic heterocycles. The molecule has 5 rings (SSSR count). The lowest BCUT2D eigenvalue weighted by atomic mass is 9.76. The lowest BCUT2D eigenvalue weighted by Crippen LogP contribution is -2.59. The number of unbranched alkanes of at least 4 members (excludes halogenated alkanes) is 15. The number of aliphatic imine (C=N–C) groups is 1. The van der Waals surface area contributed by atoms with Gasteiger partial charge in [-0.05, 0) is 105 Å². The number of hydrogen-bond acceptors (Lipinski definition) is 9. The van der Waals surface area contributed by atoms with Crippen molar-refractivity contribution >= 4 is 45.1 Å². The van der Waals surface area contributed by atoms with Crippen molar-refractivity contribution in [1.82, 2.24) is 9.21 Å². The molecule has 0 saturated carbocycles. The number of sulfonamides is 1. The van der Waals surface area contributed by atoms with E-state index in [0.717, 1.165) is 55.7 Å². The van der Waals surface area contributed by atoms with E-state index in [1.807, 2.05) is 24.3 Å². The molecule has 1 N–H and O–H groups in total. The molecule has 0 spiro atoms. The SMILES string of the molecule is CCCCCCCCCCCCCCCCCCN1C(C(C(=O)Nc2ccccc2Oc2ccccc2OCC(CCC(C)CC(C)(C)C)C(C)CC(C)(C)C)N2C(=O)OC(C)(C)C2=O)=Nc2ccccc2S1(=O)=O. The third-order valence-corrected chi connectivity index (χ3v) is 16.4. The molecule has 1 saturated heterocycles. The highest BCUT2D eigenvalue weighted by Crippen LogP contribution is 2.40. The standard InChI is InChI=1S/C62H94N4O8S/c1-12-13-14-15-16-17-18-19-20-21-22-23-24-25-26-33-42-65-56(63-50-35-28-32-39-54(50)75(65,70)71)55(66-58(68)62(10,11)74-59(66)69)57(67)64-49-34-27-29-36-51(49)73-53-38-31-30-37-52(53)72-45-48(47(3)44-61(7,8)9)41-40-46(2)43-60(4,5)6/h27-32,34-39,46-48,55H,12-26,33,40-45H2,1-11H3,(H,64,67). The van der Waals surface area contributed by atoms with E-state index in [9.17, 15) is 18.0 Å². The van der Waals surface area contributed by atoms with Crippen molar-refractivity contribution in [2.75, 3.05) is 18.5 Å². The van der Waals surface area contributed by atoms with Gasteiger partial charge >= 0.3 is 6.09 Å². The summed E-state index contributed by atoms with van der Waals surface area (Å²) in [6, 6.07) is 18.8. The Bertz CT molecular complexity index is 2440. The van der Waals surface area contributed by atoms with Crippen LogP contribution in [0.2, 0.25) is 0 Å². The number of nitrogens with one attached hydrogen (secondary N) is 1. The van der Waals surface area contributed by atoms with Crippen molar-refractivity contribution in [3.8, 4) is 17.2 Å². The van der Waals surface area contributed by atoms with Gasteiger partial charge in [-0.3, -0.25) is 13.9 Å². The molecular weight excluding hydrogens is 961 g/mol. The van der Waals surface area contributed by atoms with Crippen LogP contribution in [0.25, 0.3) is 0 Å². The minimum atomic E-state index is -4.30. The molecule has 2 aliphatic rings. The number of hydrogen-bond donors (Lipinski definition) is 1. The van der Waals surface area contributed by atoms with Crippen molar-refractivity contribution in [3.63, 3.8) is 0 Å². The number of benzene rings is 3. The summed E-state index contributed by atoms with van der Waals surface area (Å²) in [5.74, 6) is 0.589. The Morgan fingerprint density at radius 3 is 1.77 bits per heavy atom. The van der Waals surface area contributed by atoms with Gasteiger partial charge in [0.25, 0.3) is 21.8 Å². The zero-order chi connectivity index (χ0) is 54.8. The van der Waals surface area contributed by atoms with Gasteiger partial charge in [0.1, 0.15) is 4.90 Å². The van der Waals surface area contributed by atoms with Crippen LogP contribution in [0.4, 0.5) is 16.2 Å². The van der Waals surface area contributed by atoms with Crippen LogP contribution in [0.15, 0.2) is 82.7 Å². The van der Waals surface area contributed by atoms with Crippen LogP contribution in [0.3, 0.4) is 0 Å². The number of rotatable bonds is 32. The van der Waals surface area contributed by atoms with Crippen LogP contribution in [0.1, 0.15) is 205 Å². The van der Waals surface area contributed by atoms with E-state index in [0.29, 0.717) is 47.2 Å². The molecule has 12 nitrogen and oxygen atoms in total. The van der Waals surface area contributed by atoms with Gasteiger partial charge < -0.3 is 19.5 Å². The fraction of sp³-hybridized carbons (Fsp3) is 0.645. The average Bonchev–Trinajstić information content (AvgIpc) is 3.53. The van der Waals surface area contributed by atoms with E-state index in [1.54, 1.807) is 42.5 Å². The number of cyclic esters (lactones) is 1. The molecule has 1 fully saturated rings. The minimum Gasteiger partial charge on any atom is -0.489 e. The number of ether oxygens (including phenoxy) is 3. The highest BCUT2D eigenvalue weighted by molar-refractivity contribution is 7.90. The number of para-hydroxylation sites is 5. The fourth-order valence-corrected chi connectivity index (χ4v) is 12.4. The number of amides is 3. The second-order valence-corrected chi connectivity index (χ2v) is 26.4. The summed E-state index contributed by atoms with van der Waals surface area (Å²) < 4.78 is 49.2. The Kier molecular flexibility index (Phi) is 23.1. The van der Waals surface area contributed by atoms with Gasteiger partial charge in [-0.15, -0.1) is 0 Å². The van der Waals surface area contributed by atoms with E-state index in [4.69, 9.17) is 19.2 Å². The zero-order valence-electron chi connectivity index (χ0n) is 47.8. The Morgan fingerprint density at radius 1 is 0.693 bits per heavy atom. The summed E-state index contributed by atoms with van der Waals surface area (Å²) in [5.41, 5.74) is -0.892. The van der Waals surface area contributed by atoms with E-state index in [1.165, 1.54) is 90.5 Å². The first-order valence-electron chi connectivity index (χ1n) is 28.6. The van der Waals surface area contributed by atoms with E-state index in [2.05, 4.69) is 67.6 Å². The second kappa shape index (κ2) is 28.5. The maximum Gasteiger partial charge on any atom is 0.418 e. The Hall–Kier alpha value is -4.91.